The number of aliphatic hydroxyl groups excluding tert-OH is 1. The molecule has 0 aliphatic carbocycles. The van der Waals surface area contributed by atoms with Gasteiger partial charge in [0.15, 0.2) is 5.78 Å². The molecule has 13 atom stereocenters. The molecule has 1 saturated heterocycles. The number of H-pyrrole nitrogens is 1. The van der Waals surface area contributed by atoms with Gasteiger partial charge in [-0.1, -0.05) is 37.3 Å². The highest BCUT2D eigenvalue weighted by Gasteiger charge is 2.41. The number of aromatic amines is 1. The fraction of sp³-hybridized carbons (Fsp3) is 0.469. The van der Waals surface area contributed by atoms with Crippen LogP contribution in [0.3, 0.4) is 0 Å². The first-order valence-electron chi connectivity index (χ1n) is 32.8. The zero-order chi connectivity index (χ0) is 80.1. The quantitative estimate of drug-likeness (QED) is 0.0191. The summed E-state index contributed by atoms with van der Waals surface area (Å²) < 4.78 is 5.64. The van der Waals surface area contributed by atoms with Gasteiger partial charge in [0.05, 0.1) is 51.8 Å². The van der Waals surface area contributed by atoms with Crippen LogP contribution in [0, 0.1) is 5.92 Å². The van der Waals surface area contributed by atoms with Crippen molar-refractivity contribution in [1.29, 1.82) is 0 Å². The Hall–Kier alpha value is -12.7. The van der Waals surface area contributed by atoms with Crippen LogP contribution in [0.1, 0.15) is 95.0 Å². The fourth-order valence-electron chi connectivity index (χ4n) is 10.5. The number of carboxylic acid groups (broad SMARTS) is 4. The number of carbonyl (C=O) groups is 20. The zero-order valence-electron chi connectivity index (χ0n) is 57.9. The van der Waals surface area contributed by atoms with Crippen LogP contribution in [0.25, 0.3) is 10.9 Å². The highest BCUT2D eigenvalue weighted by atomic mass is 16.5. The number of hydrogen-bond donors (Lipinski definition) is 22. The van der Waals surface area contributed by atoms with Crippen LogP contribution in [0.5, 0.6) is 0 Å². The summed E-state index contributed by atoms with van der Waals surface area (Å²) in [5.74, 6) is -30.0. The number of anilines is 1. The van der Waals surface area contributed by atoms with Crippen LogP contribution < -0.4 is 86.3 Å². The van der Waals surface area contributed by atoms with Crippen LogP contribution in [0.4, 0.5) is 5.69 Å². The van der Waals surface area contributed by atoms with Gasteiger partial charge in [0.25, 0.3) is 0 Å². The summed E-state index contributed by atoms with van der Waals surface area (Å²) in [6.45, 7) is 0.0906. The minimum atomic E-state index is -2.45. The van der Waals surface area contributed by atoms with E-state index in [-0.39, 0.29) is 30.6 Å². The fourth-order valence-corrected chi connectivity index (χ4v) is 10.5. The highest BCUT2D eigenvalue weighted by Crippen LogP contribution is 2.21. The van der Waals surface area contributed by atoms with Gasteiger partial charge in [-0.15, -0.1) is 0 Å². The second kappa shape index (κ2) is 41.6. The number of rotatable bonds is 27. The number of Topliss-reactive ketones (excluding diaryl/α,β-unsaturated/α-hetero) is 1. The molecular formula is C64H85N17O26. The van der Waals surface area contributed by atoms with Gasteiger partial charge in [-0.2, -0.15) is 0 Å². The molecule has 1 aliphatic rings. The second-order valence-electron chi connectivity index (χ2n) is 24.5. The van der Waals surface area contributed by atoms with E-state index in [1.165, 1.54) is 30.5 Å². The molecule has 0 saturated carbocycles. The van der Waals surface area contributed by atoms with Crippen molar-refractivity contribution in [3.05, 3.63) is 65.9 Å². The van der Waals surface area contributed by atoms with E-state index in [0.717, 1.165) is 27.7 Å². The van der Waals surface area contributed by atoms with Crippen molar-refractivity contribution in [3.63, 3.8) is 0 Å². The van der Waals surface area contributed by atoms with Crippen molar-refractivity contribution in [2.45, 2.75) is 158 Å². The number of carboxylic acids is 4. The Kier molecular flexibility index (Phi) is 33.7. The molecule has 43 nitrogen and oxygen atoms in total. The number of ether oxygens (including phenoxy) is 1. The van der Waals surface area contributed by atoms with Gasteiger partial charge in [0.2, 0.25) is 82.7 Å². The lowest BCUT2D eigenvalue weighted by Crippen LogP contribution is -2.62. The molecule has 2 aromatic carbocycles. The van der Waals surface area contributed by atoms with E-state index >= 15 is 0 Å². The average Bonchev–Trinajstić information content (AvgIpc) is 1.44. The van der Waals surface area contributed by atoms with E-state index in [2.05, 4.69) is 52.8 Å². The van der Waals surface area contributed by atoms with Crippen LogP contribution in [-0.2, 0) is 102 Å². The van der Waals surface area contributed by atoms with Crippen LogP contribution in [-0.4, -0.2) is 248 Å². The number of aliphatic hydroxyl groups is 1. The number of nitrogens with two attached hydrogens (primary N) is 3. The molecule has 582 valence electrons. The Bertz CT molecular complexity index is 3880. The molecule has 43 heteroatoms. The molecule has 0 bridgehead atoms. The smallest absolute Gasteiger partial charge is 0.329 e. The number of carbonyl (C=O) groups excluding carboxylic acids is 16. The monoisotopic (exact) mass is 1510 g/mol. The number of nitrogen functional groups attached to an aromatic ring is 1. The molecule has 0 spiro atoms. The van der Waals surface area contributed by atoms with Gasteiger partial charge >= 0.3 is 29.8 Å². The molecule has 1 aromatic heterocycles. The number of esters is 1. The number of aromatic nitrogens is 1. The first kappa shape index (κ1) is 86.7. The molecule has 107 heavy (non-hydrogen) atoms. The minimum Gasteiger partial charge on any atom is -0.481 e. The normalized spacial score (nSPS) is 21.9. The van der Waals surface area contributed by atoms with Gasteiger partial charge in [0.1, 0.15) is 72.6 Å². The van der Waals surface area contributed by atoms with Gasteiger partial charge in [-0.25, -0.2) is 4.79 Å². The summed E-state index contributed by atoms with van der Waals surface area (Å²) in [5, 5.41) is 77.8. The maximum atomic E-state index is 14.7. The number of hydrogen-bond acceptors (Lipinski definition) is 24. The number of amides is 14. The third-order valence-electron chi connectivity index (χ3n) is 15.9. The maximum Gasteiger partial charge on any atom is 0.329 e. The SMILES string of the molecule is CC(=O)NC(Cc1c[nH]c2ccccc12)C(=O)NC(CC(N)=O)C(=O)NC(CC(=O)O)C(=O)NC1C(=O)NCC(=O)NC(CCCN)C(=O)NC(CC(=O)O)C(=O)NC(C)C(=O)NC(CC(=O)O)C(=O)NCC(=O)NC(CO)C(=O)NC(C(C)CC(=O)O)C(=O)NC(CC(=O)c2ccccc2N)C(=O)OC1C. The molecule has 3 aromatic rings. The lowest BCUT2D eigenvalue weighted by Gasteiger charge is -2.30. The lowest BCUT2D eigenvalue weighted by molar-refractivity contribution is -0.156. The third-order valence-corrected chi connectivity index (χ3v) is 15.9. The van der Waals surface area contributed by atoms with E-state index in [9.17, 15) is 121 Å². The number of cyclic esters (lactones) is 1. The molecule has 13 unspecified atom stereocenters. The number of benzene rings is 2. The molecule has 4 rings (SSSR count). The maximum absolute atomic E-state index is 14.7. The van der Waals surface area contributed by atoms with E-state index in [4.69, 9.17) is 21.9 Å². The predicted octanol–water partition coefficient (Wildman–Crippen LogP) is -8.74. The predicted molar refractivity (Wildman–Crippen MR) is 363 cm³/mol. The van der Waals surface area contributed by atoms with Gasteiger partial charge in [-0.05, 0) is 62.9 Å². The summed E-state index contributed by atoms with van der Waals surface area (Å²) in [6, 6.07) is -10.7. The summed E-state index contributed by atoms with van der Waals surface area (Å²) in [7, 11) is 0. The van der Waals surface area contributed by atoms with E-state index < -0.39 is 261 Å². The van der Waals surface area contributed by atoms with Crippen LogP contribution >= 0.6 is 0 Å². The molecule has 1 aliphatic heterocycles. The van der Waals surface area contributed by atoms with Gasteiger partial charge < -0.3 is 122 Å². The first-order chi connectivity index (χ1) is 50.3. The summed E-state index contributed by atoms with van der Waals surface area (Å²) in [6.07, 6.45) is -8.36. The Balaban J connectivity index is 1.88. The van der Waals surface area contributed by atoms with Crippen molar-refractivity contribution in [3.8, 4) is 0 Å². The number of fused-ring (bicyclic) bond motifs is 1. The number of para-hydroxylation sites is 2. The Morgan fingerprint density at radius 3 is 1.68 bits per heavy atom. The van der Waals surface area contributed by atoms with Crippen LogP contribution in [0.15, 0.2) is 54.7 Å². The van der Waals surface area contributed by atoms with Crippen molar-refractivity contribution in [1.82, 2.24) is 74.1 Å². The molecule has 0 radical (unpaired) electrons. The van der Waals surface area contributed by atoms with E-state index in [0.29, 0.717) is 16.5 Å². The van der Waals surface area contributed by atoms with Crippen molar-refractivity contribution >= 4 is 135 Å². The lowest BCUT2D eigenvalue weighted by atomic mass is 9.96. The van der Waals surface area contributed by atoms with Crippen molar-refractivity contribution < 1.29 is 126 Å². The topological polar surface area (TPSA) is 702 Å². The van der Waals surface area contributed by atoms with E-state index in [1.54, 1.807) is 24.3 Å². The number of ketones is 1. The zero-order valence-corrected chi connectivity index (χ0v) is 57.9. The minimum absolute atomic E-state index is 0.0941. The molecule has 1 fully saturated rings. The van der Waals surface area contributed by atoms with Crippen molar-refractivity contribution in [2.75, 3.05) is 32.0 Å². The average molecular weight is 1510 g/mol. The number of nitrogens with one attached hydrogen (secondary N) is 14. The standard InChI is InChI=1S/C64H85N17O26/c1-27(16-48(88)89)52-63(105)79-42(18-44(84)33-11-5-7-12-34(33)66)64(106)107-29(3)53(81-60(102)41(22-51(94)95)78-59(101)38(19-45(67)85)76-58(100)37(72-30(4)83)17-31-23-68-35-13-8-6-10-32(31)35)62(104)70-25-46(86)73-36(14-9-15-65)56(98)77-40(21-50(92)93)57(99)71-28(2)54(96)75-39(20-49(90)91)55(97)69-24-47(87)74-43(26-82)61(103)80-52/h5-8,10-13,23,27-29,36-43,52-53,68,82H,9,14-22,24-26,65-66H2,1-4H3,(H2,67,85)(H,69,97)(H,70,104)(H,71,99)(H,72,83)(H,73,86)(H,74,87)(H,75,96)(H,76,100)(H,77,98)(H,78,101)(H,79,105)(H,80,103)(H,81,102)(H,88,89)(H,90,91)(H,92,93)(H,94,95). The van der Waals surface area contributed by atoms with E-state index in [1.807, 2.05) is 21.3 Å². The summed E-state index contributed by atoms with van der Waals surface area (Å²) in [4.78, 5) is 273. The molecular weight excluding hydrogens is 1420 g/mol. The third kappa shape index (κ3) is 28.1. The molecule has 25 N–H and O–H groups in total. The Morgan fingerprint density at radius 2 is 1.10 bits per heavy atom. The second-order valence-corrected chi connectivity index (χ2v) is 24.5. The number of primary amides is 1. The summed E-state index contributed by atoms with van der Waals surface area (Å²) in [5.41, 5.74) is 17.9. The molecule has 14 amide bonds. The van der Waals surface area contributed by atoms with Gasteiger partial charge in [-0.3, -0.25) is 91.1 Å². The van der Waals surface area contributed by atoms with Crippen molar-refractivity contribution in [2.24, 2.45) is 17.4 Å². The molecule has 2 heterocycles. The Labute approximate surface area is 606 Å². The largest absolute Gasteiger partial charge is 0.481 e. The van der Waals surface area contributed by atoms with Gasteiger partial charge in [0, 0.05) is 48.1 Å². The first-order valence-corrected chi connectivity index (χ1v) is 32.8. The highest BCUT2D eigenvalue weighted by molar-refractivity contribution is 6.05. The number of aliphatic carboxylic acids is 4. The summed E-state index contributed by atoms with van der Waals surface area (Å²) >= 11 is 0. The van der Waals surface area contributed by atoms with Crippen LogP contribution in [0.2, 0.25) is 0 Å². The Morgan fingerprint density at radius 1 is 0.570 bits per heavy atom.